The van der Waals surface area contributed by atoms with Gasteiger partial charge in [-0.3, -0.25) is 19.3 Å². The number of aliphatic carboxylic acids is 1. The summed E-state index contributed by atoms with van der Waals surface area (Å²) >= 11 is 0. The Labute approximate surface area is 320 Å². The number of hydrogen-bond donors (Lipinski definition) is 2. The minimum absolute atomic E-state index is 0.0111. The maximum atomic E-state index is 15.1. The molecule has 5 aliphatic carbocycles. The lowest BCUT2D eigenvalue weighted by Crippen LogP contribution is -2.77. The molecule has 0 radical (unpaired) electrons. The van der Waals surface area contributed by atoms with Gasteiger partial charge in [0, 0.05) is 42.0 Å². The molecule has 0 aromatic rings. The fourth-order valence-electron chi connectivity index (χ4n) is 15.7. The van der Waals surface area contributed by atoms with Crippen molar-refractivity contribution < 1.29 is 24.2 Å². The zero-order chi connectivity index (χ0) is 38.9. The molecule has 8 nitrogen and oxygen atoms in total. The molecule has 7 rings (SSSR count). The number of allylic oxidation sites excluding steroid dienone is 1. The summed E-state index contributed by atoms with van der Waals surface area (Å²) in [6, 6.07) is 0.870. The Morgan fingerprint density at radius 3 is 2.13 bits per heavy atom. The van der Waals surface area contributed by atoms with E-state index in [1.54, 1.807) is 0 Å². The Morgan fingerprint density at radius 2 is 1.53 bits per heavy atom. The number of nitrogens with two attached hydrogens (primary N) is 1. The highest BCUT2D eigenvalue weighted by Crippen LogP contribution is 2.79. The third-order valence-corrected chi connectivity index (χ3v) is 19.1. The molecule has 3 unspecified atom stereocenters. The van der Waals surface area contributed by atoms with Crippen LogP contribution < -0.4 is 5.73 Å². The number of likely N-dealkylation sites (tertiary alicyclic amines) is 2. The first-order chi connectivity index (χ1) is 24.5. The number of carboxylic acid groups (broad SMARTS) is 1. The summed E-state index contributed by atoms with van der Waals surface area (Å²) in [4.78, 5) is 44.7. The van der Waals surface area contributed by atoms with Crippen LogP contribution in [0.5, 0.6) is 0 Å². The standard InChI is InChI=1S/C45H73N3O5/c1-27(2)31-13-12-28-14-19-44(10)41(7)20-21-45(46)40(5,6)33(53-35(51)24-39(3,4)23-34(49)50)16-18-42(45,8)32(41)15-17-43(44,9)37(31)36(28)38(52)48-26-29-22-30(48)25-47(29)11/h28-33,36-37H,1,12-26,46H2,2-11H3,(H,49,50)/t28-,29?,30?,31-,32-,33-,36?,37-,41+,42+,43+,44-,45+/m0/s1. The molecule has 1 amide bonds. The third kappa shape index (κ3) is 5.42. The van der Waals surface area contributed by atoms with Crippen LogP contribution >= 0.6 is 0 Å². The Balaban J connectivity index is 1.20. The van der Waals surface area contributed by atoms with Gasteiger partial charge in [0.1, 0.15) is 6.10 Å². The predicted octanol–water partition coefficient (Wildman–Crippen LogP) is 8.08. The Hall–Kier alpha value is -1.93. The highest BCUT2D eigenvalue weighted by Gasteiger charge is 2.75. The van der Waals surface area contributed by atoms with E-state index in [1.807, 2.05) is 13.8 Å². The number of carbonyl (C=O) groups excluding carboxylic acids is 2. The van der Waals surface area contributed by atoms with E-state index < -0.39 is 22.3 Å². The predicted molar refractivity (Wildman–Crippen MR) is 209 cm³/mol. The van der Waals surface area contributed by atoms with Gasteiger partial charge in [0.05, 0.1) is 12.8 Å². The van der Waals surface area contributed by atoms with Crippen molar-refractivity contribution in [3.8, 4) is 0 Å². The van der Waals surface area contributed by atoms with E-state index in [9.17, 15) is 14.7 Å². The van der Waals surface area contributed by atoms with Crippen LogP contribution in [-0.4, -0.2) is 76.6 Å². The number of piperazine rings is 1. The average molecular weight is 736 g/mol. The van der Waals surface area contributed by atoms with E-state index in [2.05, 4.69) is 71.9 Å². The third-order valence-electron chi connectivity index (χ3n) is 19.1. The van der Waals surface area contributed by atoms with E-state index in [0.717, 1.165) is 83.7 Å². The molecular weight excluding hydrogens is 663 g/mol. The Morgan fingerprint density at radius 1 is 0.849 bits per heavy atom. The number of ether oxygens (including phenoxy) is 1. The molecule has 3 N–H and O–H groups in total. The summed E-state index contributed by atoms with van der Waals surface area (Å²) in [5.74, 6) is 0.807. The van der Waals surface area contributed by atoms with Gasteiger partial charge in [-0.2, -0.15) is 0 Å². The van der Waals surface area contributed by atoms with Crippen molar-refractivity contribution >= 4 is 17.8 Å². The normalized spacial score (nSPS) is 47.5. The number of carboxylic acids is 1. The lowest BCUT2D eigenvalue weighted by atomic mass is 9.29. The number of nitrogens with zero attached hydrogens (tertiary/aromatic N) is 2. The van der Waals surface area contributed by atoms with Crippen LogP contribution in [0.25, 0.3) is 0 Å². The molecule has 2 aliphatic heterocycles. The van der Waals surface area contributed by atoms with E-state index in [1.165, 1.54) is 5.57 Å². The molecule has 2 heterocycles. The number of hydrogen-bond acceptors (Lipinski definition) is 6. The van der Waals surface area contributed by atoms with Crippen molar-refractivity contribution in [1.82, 2.24) is 9.80 Å². The number of rotatable bonds is 7. The second-order valence-electron chi connectivity index (χ2n) is 22.2. The van der Waals surface area contributed by atoms with Crippen molar-refractivity contribution in [2.75, 3.05) is 20.1 Å². The molecule has 8 heteroatoms. The number of amides is 1. The van der Waals surface area contributed by atoms with Gasteiger partial charge in [-0.1, -0.05) is 67.5 Å². The van der Waals surface area contributed by atoms with Crippen LogP contribution in [0.15, 0.2) is 12.2 Å². The van der Waals surface area contributed by atoms with Gasteiger partial charge in [-0.05, 0) is 135 Å². The van der Waals surface area contributed by atoms with E-state index >= 15 is 4.79 Å². The topological polar surface area (TPSA) is 113 Å². The highest BCUT2D eigenvalue weighted by atomic mass is 16.5. The first-order valence-corrected chi connectivity index (χ1v) is 21.3. The highest BCUT2D eigenvalue weighted by molar-refractivity contribution is 5.81. The first-order valence-electron chi connectivity index (χ1n) is 21.3. The molecule has 0 spiro atoms. The summed E-state index contributed by atoms with van der Waals surface area (Å²) in [7, 11) is 2.22. The van der Waals surface area contributed by atoms with Crippen molar-refractivity contribution in [3.05, 3.63) is 12.2 Å². The maximum absolute atomic E-state index is 15.1. The number of esters is 1. The summed E-state index contributed by atoms with van der Waals surface area (Å²) < 4.78 is 6.31. The fourth-order valence-corrected chi connectivity index (χ4v) is 15.7. The van der Waals surface area contributed by atoms with Crippen LogP contribution in [0.3, 0.4) is 0 Å². The molecule has 7 fully saturated rings. The summed E-state index contributed by atoms with van der Waals surface area (Å²) in [5, 5.41) is 9.40. The van der Waals surface area contributed by atoms with E-state index in [0.29, 0.717) is 41.7 Å². The van der Waals surface area contributed by atoms with Crippen molar-refractivity contribution in [2.24, 2.45) is 67.8 Å². The van der Waals surface area contributed by atoms with E-state index in [-0.39, 0.29) is 52.5 Å². The van der Waals surface area contributed by atoms with Gasteiger partial charge in [-0.25, -0.2) is 0 Å². The molecule has 5 saturated carbocycles. The second-order valence-corrected chi connectivity index (χ2v) is 22.2. The van der Waals surface area contributed by atoms with Crippen molar-refractivity contribution in [3.63, 3.8) is 0 Å². The minimum atomic E-state index is -0.902. The van der Waals surface area contributed by atoms with Crippen molar-refractivity contribution in [1.29, 1.82) is 0 Å². The SMILES string of the molecule is C=C(C)[C@@H]1CC[C@H]2CC[C@]3(C)[C@](C)(CC[C@H]4[C@@]3(C)CC[C@@]3(N)C(C)(C)[C@@H](OC(=O)CC(C)(C)CC(=O)O)CC[C@]43C)[C@@H]1C2C(=O)N1CC2CC1CN2C. The number of likely N-dealkylation sites (N-methyl/N-ethyl adjacent to an activating group) is 1. The average Bonchev–Trinajstić information content (AvgIpc) is 3.62. The maximum Gasteiger partial charge on any atom is 0.306 e. The van der Waals surface area contributed by atoms with Gasteiger partial charge >= 0.3 is 11.9 Å². The van der Waals surface area contributed by atoms with Gasteiger partial charge in [0.25, 0.3) is 0 Å². The number of carbonyl (C=O) groups is 3. The fraction of sp³-hybridized carbons (Fsp3) is 0.889. The van der Waals surface area contributed by atoms with Gasteiger partial charge < -0.3 is 20.5 Å². The molecule has 298 valence electrons. The largest absolute Gasteiger partial charge is 0.481 e. The van der Waals surface area contributed by atoms with Crippen LogP contribution in [0.4, 0.5) is 0 Å². The molecular formula is C45H73N3O5. The summed E-state index contributed by atoms with van der Waals surface area (Å²) in [5.41, 5.74) is 7.37. The Kier molecular flexibility index (Phi) is 9.30. The molecule has 7 aliphatic rings. The lowest BCUT2D eigenvalue weighted by Gasteiger charge is -2.76. The Bertz CT molecular complexity index is 1540. The molecule has 2 saturated heterocycles. The smallest absolute Gasteiger partial charge is 0.306 e. The second kappa shape index (κ2) is 12.5. The summed E-state index contributed by atoms with van der Waals surface area (Å²) in [6.07, 6.45) is 11.2. The molecule has 4 bridgehead atoms. The monoisotopic (exact) mass is 736 g/mol. The van der Waals surface area contributed by atoms with Crippen LogP contribution in [0.2, 0.25) is 0 Å². The molecule has 0 aromatic heterocycles. The van der Waals surface area contributed by atoms with Crippen LogP contribution in [0, 0.1) is 62.1 Å². The number of fused-ring (bicyclic) bond motifs is 10. The summed E-state index contributed by atoms with van der Waals surface area (Å²) in [6.45, 7) is 27.2. The van der Waals surface area contributed by atoms with Gasteiger partial charge in [-0.15, -0.1) is 0 Å². The van der Waals surface area contributed by atoms with E-state index in [4.69, 9.17) is 10.5 Å². The zero-order valence-corrected chi connectivity index (χ0v) is 35.0. The first kappa shape index (κ1) is 39.3. The lowest BCUT2D eigenvalue weighted by molar-refractivity contribution is -0.265. The van der Waals surface area contributed by atoms with Crippen molar-refractivity contribution in [2.45, 2.75) is 170 Å². The molecule has 0 aromatic carbocycles. The van der Waals surface area contributed by atoms with Gasteiger partial charge in [0.2, 0.25) is 5.91 Å². The molecule has 53 heavy (non-hydrogen) atoms. The zero-order valence-electron chi connectivity index (χ0n) is 35.0. The van der Waals surface area contributed by atoms with Crippen LogP contribution in [-0.2, 0) is 19.1 Å². The van der Waals surface area contributed by atoms with Crippen LogP contribution in [0.1, 0.15) is 146 Å². The quantitative estimate of drug-likeness (QED) is 0.201. The van der Waals surface area contributed by atoms with Gasteiger partial charge in [0.15, 0.2) is 0 Å². The molecule has 13 atom stereocenters. The minimum Gasteiger partial charge on any atom is -0.481 e.